The smallest absolute Gasteiger partial charge is 0.338 e. The normalized spacial score (nSPS) is 12.3. The molecule has 1 aromatic carbocycles. The third kappa shape index (κ3) is 4.02. The maximum atomic E-state index is 11.6. The average Bonchev–Trinajstić information content (AvgIpc) is 2.31. The summed E-state index contributed by atoms with van der Waals surface area (Å²) < 4.78 is 5.84. The van der Waals surface area contributed by atoms with Crippen molar-refractivity contribution in [2.75, 3.05) is 11.9 Å². The van der Waals surface area contributed by atoms with Crippen LogP contribution in [-0.2, 0) is 4.74 Å². The van der Waals surface area contributed by atoms with E-state index in [1.807, 2.05) is 6.07 Å². The highest BCUT2D eigenvalue weighted by Gasteiger charge is 2.12. The van der Waals surface area contributed by atoms with E-state index in [1.165, 1.54) is 0 Å². The van der Waals surface area contributed by atoms with Gasteiger partial charge in [0.05, 0.1) is 12.2 Å². The fraction of sp³-hybridized carbons (Fsp3) is 0.500. The van der Waals surface area contributed by atoms with Crippen LogP contribution in [-0.4, -0.2) is 18.6 Å². The zero-order valence-corrected chi connectivity index (χ0v) is 12.9. The van der Waals surface area contributed by atoms with Crippen LogP contribution in [0, 0.1) is 5.92 Å². The summed E-state index contributed by atoms with van der Waals surface area (Å²) in [5.41, 5.74) is 1.55. The predicted molar refractivity (Wildman–Crippen MR) is 78.0 cm³/mol. The highest BCUT2D eigenvalue weighted by atomic mass is 79.9. The molecule has 0 spiro atoms. The van der Waals surface area contributed by atoms with Crippen molar-refractivity contribution in [3.8, 4) is 0 Å². The summed E-state index contributed by atoms with van der Waals surface area (Å²) in [6, 6.07) is 5.83. The summed E-state index contributed by atoms with van der Waals surface area (Å²) in [5, 5.41) is 3.41. The van der Waals surface area contributed by atoms with Crippen LogP contribution >= 0.6 is 15.9 Å². The first kappa shape index (κ1) is 15.0. The van der Waals surface area contributed by atoms with Gasteiger partial charge in [-0.05, 0) is 53.9 Å². The minimum atomic E-state index is -0.290. The number of carbonyl (C=O) groups excluding carboxylic acids is 1. The van der Waals surface area contributed by atoms with Crippen LogP contribution in [0.1, 0.15) is 38.1 Å². The molecule has 4 heteroatoms. The van der Waals surface area contributed by atoms with Crippen molar-refractivity contribution in [2.45, 2.75) is 33.7 Å². The van der Waals surface area contributed by atoms with Crippen molar-refractivity contribution in [3.63, 3.8) is 0 Å². The number of hydrogen-bond donors (Lipinski definition) is 1. The van der Waals surface area contributed by atoms with E-state index in [9.17, 15) is 4.79 Å². The van der Waals surface area contributed by atoms with E-state index in [0.717, 1.165) is 10.2 Å². The second-order valence-electron chi connectivity index (χ2n) is 4.59. The highest BCUT2D eigenvalue weighted by Crippen LogP contribution is 2.25. The molecule has 18 heavy (non-hydrogen) atoms. The molecule has 0 aliphatic heterocycles. The van der Waals surface area contributed by atoms with Crippen molar-refractivity contribution < 1.29 is 9.53 Å². The summed E-state index contributed by atoms with van der Waals surface area (Å²) >= 11 is 3.47. The number of hydrogen-bond acceptors (Lipinski definition) is 3. The van der Waals surface area contributed by atoms with Crippen LogP contribution in [0.4, 0.5) is 5.69 Å². The zero-order valence-electron chi connectivity index (χ0n) is 11.3. The number of esters is 1. The van der Waals surface area contributed by atoms with Gasteiger partial charge in [0.1, 0.15) is 0 Å². The largest absolute Gasteiger partial charge is 0.462 e. The molecule has 0 aliphatic rings. The zero-order chi connectivity index (χ0) is 13.7. The Labute approximate surface area is 117 Å². The number of ether oxygens (including phenoxy) is 1. The fourth-order valence-electron chi connectivity index (χ4n) is 1.39. The Balaban J connectivity index is 2.83. The first-order valence-electron chi connectivity index (χ1n) is 6.19. The molecule has 1 unspecified atom stereocenters. The van der Waals surface area contributed by atoms with E-state index < -0.39 is 0 Å². The van der Waals surface area contributed by atoms with Crippen LogP contribution < -0.4 is 5.32 Å². The van der Waals surface area contributed by atoms with Crippen molar-refractivity contribution in [1.82, 2.24) is 0 Å². The third-order valence-electron chi connectivity index (χ3n) is 2.86. The summed E-state index contributed by atoms with van der Waals surface area (Å²) in [6.07, 6.45) is 0. The van der Waals surface area contributed by atoms with Crippen molar-refractivity contribution in [1.29, 1.82) is 0 Å². The fourth-order valence-corrected chi connectivity index (χ4v) is 1.88. The second kappa shape index (κ2) is 6.78. The Hall–Kier alpha value is -1.03. The maximum absolute atomic E-state index is 11.6. The number of benzene rings is 1. The molecule has 0 bridgehead atoms. The van der Waals surface area contributed by atoms with Gasteiger partial charge in [-0.2, -0.15) is 0 Å². The highest BCUT2D eigenvalue weighted by molar-refractivity contribution is 9.10. The molecule has 1 atom stereocenters. The molecule has 1 N–H and O–H groups in total. The monoisotopic (exact) mass is 313 g/mol. The SMILES string of the molecule is CCOC(=O)c1ccc(NC(C)C(C)C)c(Br)c1. The second-order valence-corrected chi connectivity index (χ2v) is 5.45. The van der Waals surface area contributed by atoms with Crippen LogP contribution in [0.15, 0.2) is 22.7 Å². The van der Waals surface area contributed by atoms with Gasteiger partial charge in [0.15, 0.2) is 0 Å². The molecule has 0 saturated carbocycles. The molecule has 0 saturated heterocycles. The van der Waals surface area contributed by atoms with E-state index in [-0.39, 0.29) is 5.97 Å². The number of nitrogens with one attached hydrogen (secondary N) is 1. The van der Waals surface area contributed by atoms with Gasteiger partial charge in [0, 0.05) is 16.2 Å². The number of anilines is 1. The van der Waals surface area contributed by atoms with Gasteiger partial charge >= 0.3 is 5.97 Å². The molecule has 0 fully saturated rings. The molecule has 0 radical (unpaired) electrons. The topological polar surface area (TPSA) is 38.3 Å². The first-order chi connectivity index (χ1) is 8.45. The van der Waals surface area contributed by atoms with Gasteiger partial charge in [0.25, 0.3) is 0 Å². The van der Waals surface area contributed by atoms with Crippen LogP contribution in [0.5, 0.6) is 0 Å². The van der Waals surface area contributed by atoms with E-state index in [0.29, 0.717) is 24.1 Å². The number of halogens is 1. The quantitative estimate of drug-likeness (QED) is 0.832. The molecular weight excluding hydrogens is 294 g/mol. The lowest BCUT2D eigenvalue weighted by atomic mass is 10.1. The molecule has 3 nitrogen and oxygen atoms in total. The third-order valence-corrected chi connectivity index (χ3v) is 3.52. The Morgan fingerprint density at radius 1 is 1.39 bits per heavy atom. The Bertz CT molecular complexity index is 418. The standard InChI is InChI=1S/C14H20BrNO2/c1-5-18-14(17)11-6-7-13(12(15)8-11)16-10(4)9(2)3/h6-10,16H,5H2,1-4H3. The molecular formula is C14H20BrNO2. The van der Waals surface area contributed by atoms with Crippen molar-refractivity contribution in [2.24, 2.45) is 5.92 Å². The van der Waals surface area contributed by atoms with E-state index in [2.05, 4.69) is 42.0 Å². The van der Waals surface area contributed by atoms with E-state index in [4.69, 9.17) is 4.74 Å². The lowest BCUT2D eigenvalue weighted by Crippen LogP contribution is -2.21. The summed E-state index contributed by atoms with van der Waals surface area (Å²) in [6.45, 7) is 8.65. The summed E-state index contributed by atoms with van der Waals surface area (Å²) in [5.74, 6) is 0.253. The molecule has 0 amide bonds. The van der Waals surface area contributed by atoms with Gasteiger partial charge in [0.2, 0.25) is 0 Å². The number of rotatable bonds is 5. The predicted octanol–water partition coefficient (Wildman–Crippen LogP) is 4.08. The molecule has 1 rings (SSSR count). The van der Waals surface area contributed by atoms with Crippen LogP contribution in [0.3, 0.4) is 0 Å². The molecule has 0 heterocycles. The van der Waals surface area contributed by atoms with Crippen molar-refractivity contribution >= 4 is 27.6 Å². The van der Waals surface area contributed by atoms with E-state index >= 15 is 0 Å². The van der Waals surface area contributed by atoms with Gasteiger partial charge in [-0.3, -0.25) is 0 Å². The minimum absolute atomic E-state index is 0.290. The Morgan fingerprint density at radius 3 is 2.56 bits per heavy atom. The first-order valence-corrected chi connectivity index (χ1v) is 6.98. The van der Waals surface area contributed by atoms with Crippen LogP contribution in [0.25, 0.3) is 0 Å². The van der Waals surface area contributed by atoms with Gasteiger partial charge < -0.3 is 10.1 Å². The molecule has 1 aromatic rings. The maximum Gasteiger partial charge on any atom is 0.338 e. The lowest BCUT2D eigenvalue weighted by Gasteiger charge is -2.20. The summed E-state index contributed by atoms with van der Waals surface area (Å²) in [7, 11) is 0. The minimum Gasteiger partial charge on any atom is -0.462 e. The molecule has 100 valence electrons. The van der Waals surface area contributed by atoms with E-state index in [1.54, 1.807) is 19.1 Å². The number of carbonyl (C=O) groups is 1. The Kier molecular flexibility index (Phi) is 5.66. The average molecular weight is 314 g/mol. The van der Waals surface area contributed by atoms with Gasteiger partial charge in [-0.1, -0.05) is 13.8 Å². The lowest BCUT2D eigenvalue weighted by molar-refractivity contribution is 0.0526. The Morgan fingerprint density at radius 2 is 2.06 bits per heavy atom. The van der Waals surface area contributed by atoms with Gasteiger partial charge in [-0.25, -0.2) is 4.79 Å². The van der Waals surface area contributed by atoms with Crippen LogP contribution in [0.2, 0.25) is 0 Å². The van der Waals surface area contributed by atoms with Gasteiger partial charge in [-0.15, -0.1) is 0 Å². The van der Waals surface area contributed by atoms with Crippen molar-refractivity contribution in [3.05, 3.63) is 28.2 Å². The molecule has 0 aliphatic carbocycles. The molecule has 0 aromatic heterocycles. The summed E-state index contributed by atoms with van der Waals surface area (Å²) in [4.78, 5) is 11.6.